The SMILES string of the molecule is CCCCCCCCCCCC[NH2+]C.CS(=O)(=O)[O-]. The molecule has 0 saturated carbocycles. The van der Waals surface area contributed by atoms with Gasteiger partial charge in [0.25, 0.3) is 0 Å². The average Bonchev–Trinajstić information content (AvgIpc) is 2.29. The highest BCUT2D eigenvalue weighted by Gasteiger charge is 1.92. The van der Waals surface area contributed by atoms with Gasteiger partial charge < -0.3 is 9.87 Å². The van der Waals surface area contributed by atoms with Gasteiger partial charge in [-0.3, -0.25) is 0 Å². The van der Waals surface area contributed by atoms with Gasteiger partial charge in [-0.2, -0.15) is 0 Å². The highest BCUT2D eigenvalue weighted by Crippen LogP contribution is 2.09. The molecule has 0 rings (SSSR count). The Bertz CT molecular complexity index is 233. The minimum absolute atomic E-state index is 0.604. The molecule has 0 aliphatic carbocycles. The molecule has 0 heterocycles. The van der Waals surface area contributed by atoms with Crippen molar-refractivity contribution in [3.8, 4) is 0 Å². The van der Waals surface area contributed by atoms with Gasteiger partial charge in [0.15, 0.2) is 0 Å². The largest absolute Gasteiger partial charge is 0.748 e. The van der Waals surface area contributed by atoms with Crippen LogP contribution < -0.4 is 5.32 Å². The topological polar surface area (TPSA) is 73.8 Å². The molecule has 0 aromatic heterocycles. The van der Waals surface area contributed by atoms with E-state index in [9.17, 15) is 0 Å². The van der Waals surface area contributed by atoms with E-state index in [0.29, 0.717) is 6.26 Å². The van der Waals surface area contributed by atoms with Crippen molar-refractivity contribution in [3.05, 3.63) is 0 Å². The normalized spacial score (nSPS) is 10.9. The molecule has 0 radical (unpaired) electrons. The lowest BCUT2D eigenvalue weighted by atomic mass is 10.1. The third-order valence-electron chi connectivity index (χ3n) is 2.85. The van der Waals surface area contributed by atoms with Gasteiger partial charge in [-0.1, -0.05) is 58.3 Å². The molecule has 0 fully saturated rings. The summed E-state index contributed by atoms with van der Waals surface area (Å²) in [5, 5.41) is 2.28. The van der Waals surface area contributed by atoms with E-state index in [2.05, 4.69) is 19.3 Å². The molecule has 0 aromatic carbocycles. The minimum Gasteiger partial charge on any atom is -0.748 e. The maximum Gasteiger partial charge on any atom is 0.0916 e. The molecule has 0 aromatic rings. The zero-order chi connectivity index (χ0) is 15.0. The van der Waals surface area contributed by atoms with Gasteiger partial charge in [0.1, 0.15) is 0 Å². The van der Waals surface area contributed by atoms with Crippen LogP contribution in [0.1, 0.15) is 71.1 Å². The van der Waals surface area contributed by atoms with Crippen LogP contribution in [0.3, 0.4) is 0 Å². The van der Waals surface area contributed by atoms with Crippen molar-refractivity contribution < 1.29 is 18.3 Å². The molecule has 118 valence electrons. The molecule has 0 atom stereocenters. The predicted molar refractivity (Wildman–Crippen MR) is 80.2 cm³/mol. The summed E-state index contributed by atoms with van der Waals surface area (Å²) in [6.45, 7) is 3.60. The van der Waals surface area contributed by atoms with Gasteiger partial charge >= 0.3 is 0 Å². The third kappa shape index (κ3) is 38.1. The van der Waals surface area contributed by atoms with E-state index < -0.39 is 10.1 Å². The number of quaternary nitrogens is 1. The predicted octanol–water partition coefficient (Wildman–Crippen LogP) is 2.26. The van der Waals surface area contributed by atoms with E-state index >= 15 is 0 Å². The van der Waals surface area contributed by atoms with Crippen molar-refractivity contribution in [2.45, 2.75) is 71.1 Å². The second kappa shape index (κ2) is 15.9. The van der Waals surface area contributed by atoms with Gasteiger partial charge in [0.05, 0.1) is 23.7 Å². The summed E-state index contributed by atoms with van der Waals surface area (Å²) in [6.07, 6.45) is 15.1. The fraction of sp³-hybridized carbons (Fsp3) is 1.00. The summed E-state index contributed by atoms with van der Waals surface area (Å²) in [6, 6.07) is 0. The molecule has 0 spiro atoms. The fourth-order valence-corrected chi connectivity index (χ4v) is 1.84. The van der Waals surface area contributed by atoms with Crippen molar-refractivity contribution in [2.75, 3.05) is 19.8 Å². The first-order valence-electron chi connectivity index (χ1n) is 7.60. The first-order chi connectivity index (χ1) is 8.91. The van der Waals surface area contributed by atoms with Crippen molar-refractivity contribution in [1.29, 1.82) is 0 Å². The van der Waals surface area contributed by atoms with Crippen LogP contribution in [0.2, 0.25) is 0 Å². The van der Waals surface area contributed by atoms with Crippen molar-refractivity contribution >= 4 is 10.1 Å². The maximum atomic E-state index is 9.08. The Kier molecular flexibility index (Phi) is 17.7. The molecule has 0 aliphatic rings. The van der Waals surface area contributed by atoms with E-state index in [1.165, 1.54) is 70.8 Å². The van der Waals surface area contributed by atoms with Crippen LogP contribution in [0.25, 0.3) is 0 Å². The van der Waals surface area contributed by atoms with Gasteiger partial charge in [0.2, 0.25) is 0 Å². The first kappa shape index (κ1) is 21.2. The zero-order valence-corrected chi connectivity index (χ0v) is 13.8. The molecule has 0 unspecified atom stereocenters. The molecule has 2 N–H and O–H groups in total. The van der Waals surface area contributed by atoms with E-state index in [-0.39, 0.29) is 0 Å². The highest BCUT2D eigenvalue weighted by molar-refractivity contribution is 7.84. The quantitative estimate of drug-likeness (QED) is 0.469. The Hall–Kier alpha value is -0.130. The van der Waals surface area contributed by atoms with Gasteiger partial charge in [-0.15, -0.1) is 0 Å². The van der Waals surface area contributed by atoms with E-state index in [0.717, 1.165) is 0 Å². The molecule has 0 aliphatic heterocycles. The Morgan fingerprint density at radius 1 is 0.842 bits per heavy atom. The van der Waals surface area contributed by atoms with Gasteiger partial charge in [-0.05, 0) is 12.8 Å². The molecule has 0 saturated heterocycles. The van der Waals surface area contributed by atoms with Crippen LogP contribution in [-0.4, -0.2) is 32.8 Å². The van der Waals surface area contributed by atoms with Crippen LogP contribution in [0.15, 0.2) is 0 Å². The molecule has 0 amide bonds. The number of rotatable bonds is 11. The molecular weight excluding hydrogens is 262 g/mol. The summed E-state index contributed by atoms with van der Waals surface area (Å²) in [7, 11) is -1.76. The van der Waals surface area contributed by atoms with E-state index in [1.54, 1.807) is 0 Å². The smallest absolute Gasteiger partial charge is 0.0916 e. The first-order valence-corrected chi connectivity index (χ1v) is 9.42. The number of nitrogens with two attached hydrogens (primary N) is 1. The Labute approximate surface area is 120 Å². The highest BCUT2D eigenvalue weighted by atomic mass is 32.2. The Balaban J connectivity index is 0. The van der Waals surface area contributed by atoms with E-state index in [1.807, 2.05) is 0 Å². The molecule has 0 bridgehead atoms. The van der Waals surface area contributed by atoms with Crippen molar-refractivity contribution in [3.63, 3.8) is 0 Å². The van der Waals surface area contributed by atoms with Gasteiger partial charge in [-0.25, -0.2) is 8.42 Å². The molecular formula is C14H33NO3S. The average molecular weight is 295 g/mol. The lowest BCUT2D eigenvalue weighted by Crippen LogP contribution is -2.79. The zero-order valence-electron chi connectivity index (χ0n) is 13.0. The Morgan fingerprint density at radius 2 is 1.16 bits per heavy atom. The van der Waals surface area contributed by atoms with Crippen molar-refractivity contribution in [1.82, 2.24) is 0 Å². The summed E-state index contributed by atoms with van der Waals surface area (Å²) in [5.41, 5.74) is 0. The number of hydrogen-bond acceptors (Lipinski definition) is 3. The second-order valence-electron chi connectivity index (χ2n) is 5.08. The van der Waals surface area contributed by atoms with Crippen LogP contribution in [0.4, 0.5) is 0 Å². The van der Waals surface area contributed by atoms with Crippen LogP contribution >= 0.6 is 0 Å². The monoisotopic (exact) mass is 295 g/mol. The summed E-state index contributed by atoms with van der Waals surface area (Å²) in [4.78, 5) is 0. The second-order valence-corrected chi connectivity index (χ2v) is 6.49. The van der Waals surface area contributed by atoms with E-state index in [4.69, 9.17) is 13.0 Å². The summed E-state index contributed by atoms with van der Waals surface area (Å²) in [5.74, 6) is 0. The van der Waals surface area contributed by atoms with Gasteiger partial charge in [0, 0.05) is 6.26 Å². The lowest BCUT2D eigenvalue weighted by molar-refractivity contribution is -0.627. The summed E-state index contributed by atoms with van der Waals surface area (Å²) < 4.78 is 27.2. The minimum atomic E-state index is -3.92. The molecule has 4 nitrogen and oxygen atoms in total. The molecule has 5 heteroatoms. The third-order valence-corrected chi connectivity index (χ3v) is 2.85. The molecule has 19 heavy (non-hydrogen) atoms. The maximum absolute atomic E-state index is 9.08. The number of hydrogen-bond donors (Lipinski definition) is 1. The summed E-state index contributed by atoms with van der Waals surface area (Å²) >= 11 is 0. The lowest BCUT2D eigenvalue weighted by Gasteiger charge is -2.01. The standard InChI is InChI=1S/C13H29N.CH4O3S/c1-3-4-5-6-7-8-9-10-11-12-13-14-2;1-5(2,3)4/h14H,3-13H2,1-2H3;1H3,(H,2,3,4). The van der Waals surface area contributed by atoms with Crippen LogP contribution in [0, 0.1) is 0 Å². The fourth-order valence-electron chi connectivity index (χ4n) is 1.84. The van der Waals surface area contributed by atoms with Crippen LogP contribution in [-0.2, 0) is 10.1 Å². The van der Waals surface area contributed by atoms with Crippen LogP contribution in [0.5, 0.6) is 0 Å². The number of unbranched alkanes of at least 4 members (excludes halogenated alkanes) is 9. The Morgan fingerprint density at radius 3 is 1.47 bits per heavy atom. The van der Waals surface area contributed by atoms with Crippen molar-refractivity contribution in [2.24, 2.45) is 0 Å².